The summed E-state index contributed by atoms with van der Waals surface area (Å²) in [6, 6.07) is 4.22. The molecule has 0 saturated carbocycles. The molecule has 2 aliphatic heterocycles. The van der Waals surface area contributed by atoms with Crippen molar-refractivity contribution in [1.82, 2.24) is 0 Å². The Balaban J connectivity index is 0.000000441. The molecule has 2 heterocycles. The van der Waals surface area contributed by atoms with E-state index in [2.05, 4.69) is 86.2 Å². The van der Waals surface area contributed by atoms with Crippen molar-refractivity contribution in [2.45, 2.75) is 22.7 Å². The molecule has 0 fully saturated rings. The van der Waals surface area contributed by atoms with Crippen molar-refractivity contribution in [3.63, 3.8) is 0 Å². The molecule has 2 radical (unpaired) electrons. The molecule has 4 nitrogen and oxygen atoms in total. The number of nitriles is 2. The zero-order chi connectivity index (χ0) is 18.9. The van der Waals surface area contributed by atoms with Crippen LogP contribution in [0.25, 0.3) is 22.8 Å². The quantitative estimate of drug-likeness (QED) is 0.329. The van der Waals surface area contributed by atoms with Crippen molar-refractivity contribution in [2.24, 2.45) is 0 Å². The minimum absolute atomic E-state index is 0.218. The van der Waals surface area contributed by atoms with E-state index in [0.29, 0.717) is 0 Å². The van der Waals surface area contributed by atoms with Gasteiger partial charge in [0.1, 0.15) is 0 Å². The van der Waals surface area contributed by atoms with Gasteiger partial charge in [0, 0.05) is 0 Å². The molecule has 0 aromatic heterocycles. The van der Waals surface area contributed by atoms with Gasteiger partial charge < -0.3 is 35.9 Å². The number of benzene rings is 1. The topological polar surface area (TPSA) is 75.8 Å². The third kappa shape index (κ3) is 9.54. The summed E-state index contributed by atoms with van der Waals surface area (Å²) in [5.74, 6) is 0. The van der Waals surface area contributed by atoms with Crippen molar-refractivity contribution in [3.8, 4) is 10.8 Å². The Morgan fingerprint density at radius 1 is 0.920 bits per heavy atom. The van der Waals surface area contributed by atoms with Crippen LogP contribution in [0.1, 0.15) is 25.0 Å². The summed E-state index contributed by atoms with van der Waals surface area (Å²) in [5, 5.41) is 25.9. The van der Waals surface area contributed by atoms with E-state index < -0.39 is 0 Å². The first kappa shape index (κ1) is 23.5. The SMILES string of the molecule is C1=Cc2ccc3c(c2[N-]C1)[N-]CC=C3.C[CH2][Sn][CH2]C.N#C[S-].N#C[S-]. The maximum atomic E-state index is 7.13. The molecular formula is C18H20N4S2Sn-4. The van der Waals surface area contributed by atoms with E-state index in [4.69, 9.17) is 10.5 Å². The van der Waals surface area contributed by atoms with E-state index in [1.165, 1.54) is 30.8 Å². The van der Waals surface area contributed by atoms with Gasteiger partial charge in [0.2, 0.25) is 0 Å². The van der Waals surface area contributed by atoms with Crippen LogP contribution in [-0.4, -0.2) is 34.2 Å². The van der Waals surface area contributed by atoms with Crippen molar-refractivity contribution in [1.29, 1.82) is 10.5 Å². The van der Waals surface area contributed by atoms with Gasteiger partial charge >= 0.3 is 43.9 Å². The van der Waals surface area contributed by atoms with Crippen LogP contribution in [0.3, 0.4) is 0 Å². The van der Waals surface area contributed by atoms with Crippen LogP contribution in [0.5, 0.6) is 0 Å². The predicted molar refractivity (Wildman–Crippen MR) is 113 cm³/mol. The summed E-state index contributed by atoms with van der Waals surface area (Å²) in [6.07, 6.45) is 8.40. The molecule has 3 rings (SSSR count). The van der Waals surface area contributed by atoms with Gasteiger partial charge in [0.05, 0.1) is 0 Å². The largest absolute Gasteiger partial charge is 0.696 e. The van der Waals surface area contributed by atoms with Gasteiger partial charge in [0.15, 0.2) is 0 Å². The maximum Gasteiger partial charge on any atom is -0.0797 e. The Morgan fingerprint density at radius 2 is 1.28 bits per heavy atom. The van der Waals surface area contributed by atoms with Crippen LogP contribution < -0.4 is 0 Å². The summed E-state index contributed by atoms with van der Waals surface area (Å²) in [5.41, 5.74) is 4.51. The van der Waals surface area contributed by atoms with Crippen molar-refractivity contribution in [3.05, 3.63) is 46.0 Å². The van der Waals surface area contributed by atoms with Crippen molar-refractivity contribution < 1.29 is 0 Å². The maximum absolute atomic E-state index is 7.13. The summed E-state index contributed by atoms with van der Waals surface area (Å²) >= 11 is 7.62. The van der Waals surface area contributed by atoms with Crippen LogP contribution in [0.15, 0.2) is 24.3 Å². The molecule has 2 aliphatic rings. The van der Waals surface area contributed by atoms with Crippen LogP contribution in [0.2, 0.25) is 8.87 Å². The standard InChI is InChI=1S/C12H10N2.2C2H5.2CHNS.Sn/c1-3-9-5-6-10-4-2-8-14-12(10)11(9)13-7-1;2*1-2;2*2-1-3;/h1-6H,7-8H2;2*1H2,2H3;2*3H;/q-2;;;;;/p-2. The minimum atomic E-state index is 0.218. The minimum Gasteiger partial charge on any atom is -0.696 e. The first-order chi connectivity index (χ1) is 12.2. The zero-order valence-electron chi connectivity index (χ0n) is 14.4. The molecule has 0 spiro atoms. The Hall–Kier alpha value is -1.48. The monoisotopic (exact) mass is 476 g/mol. The van der Waals surface area contributed by atoms with Crippen LogP contribution in [0.4, 0.5) is 11.4 Å². The smallest absolute Gasteiger partial charge is 0.0797 e. The second-order valence-corrected chi connectivity index (χ2v) is 10.4. The van der Waals surface area contributed by atoms with Gasteiger partial charge in [0.25, 0.3) is 0 Å². The third-order valence-electron chi connectivity index (χ3n) is 3.02. The van der Waals surface area contributed by atoms with Gasteiger partial charge in [-0.3, -0.25) is 0 Å². The average molecular weight is 475 g/mol. The molecule has 0 N–H and O–H groups in total. The van der Waals surface area contributed by atoms with E-state index in [0.717, 1.165) is 24.5 Å². The van der Waals surface area contributed by atoms with Gasteiger partial charge in [-0.2, -0.15) is 0 Å². The van der Waals surface area contributed by atoms with E-state index >= 15 is 0 Å². The molecule has 1 aromatic carbocycles. The first-order valence-electron chi connectivity index (χ1n) is 7.78. The molecule has 1 aromatic rings. The first-order valence-corrected chi connectivity index (χ1v) is 12.6. The second-order valence-electron chi connectivity index (χ2n) is 4.57. The summed E-state index contributed by atoms with van der Waals surface area (Å²) in [7, 11) is 0. The predicted octanol–water partition coefficient (Wildman–Crippen LogP) is 5.35. The molecule has 7 heteroatoms. The van der Waals surface area contributed by atoms with E-state index in [9.17, 15) is 0 Å². The fourth-order valence-corrected chi connectivity index (χ4v) is 3.54. The van der Waals surface area contributed by atoms with Gasteiger partial charge in [-0.05, 0) is 11.1 Å². The third-order valence-corrected chi connectivity index (χ3v) is 5.87. The molecule has 0 saturated heterocycles. The van der Waals surface area contributed by atoms with E-state index in [1.54, 1.807) is 0 Å². The fourth-order valence-electron chi connectivity index (χ4n) is 2.11. The Bertz CT molecular complexity index is 591. The molecule has 0 amide bonds. The molecular weight excluding hydrogens is 455 g/mol. The van der Waals surface area contributed by atoms with Crippen molar-refractivity contribution >= 4 is 69.9 Å². The van der Waals surface area contributed by atoms with E-state index in [1.807, 2.05) is 0 Å². The normalized spacial score (nSPS) is 11.5. The summed E-state index contributed by atoms with van der Waals surface area (Å²) in [6.45, 7) is 6.14. The number of hydrogen-bond acceptors (Lipinski definition) is 4. The number of fused-ring (bicyclic) bond motifs is 3. The second kappa shape index (κ2) is 16.0. The molecule has 132 valence electrons. The van der Waals surface area contributed by atoms with Crippen LogP contribution in [0, 0.1) is 21.3 Å². The van der Waals surface area contributed by atoms with Crippen LogP contribution in [-0.2, 0) is 25.3 Å². The summed E-state index contributed by atoms with van der Waals surface area (Å²) in [4.78, 5) is 0. The Labute approximate surface area is 172 Å². The molecule has 0 aliphatic carbocycles. The molecule has 0 bridgehead atoms. The number of hydrogen-bond donors (Lipinski definition) is 0. The Morgan fingerprint density at radius 3 is 1.56 bits per heavy atom. The Kier molecular flexibility index (Phi) is 15.1. The zero-order valence-corrected chi connectivity index (χ0v) is 18.9. The molecule has 0 unspecified atom stereocenters. The number of thiocyanates is 2. The number of nitrogens with zero attached hydrogens (tertiary/aromatic N) is 4. The van der Waals surface area contributed by atoms with Gasteiger partial charge in [-0.1, -0.05) is 35.1 Å². The van der Waals surface area contributed by atoms with E-state index in [-0.39, 0.29) is 21.1 Å². The fraction of sp³-hybridized carbons (Fsp3) is 0.333. The van der Waals surface area contributed by atoms with Crippen molar-refractivity contribution in [2.75, 3.05) is 13.1 Å². The van der Waals surface area contributed by atoms with Gasteiger partial charge in [-0.25, -0.2) is 10.5 Å². The molecule has 0 atom stereocenters. The molecule has 25 heavy (non-hydrogen) atoms. The van der Waals surface area contributed by atoms with Gasteiger partial charge in [-0.15, -0.1) is 36.6 Å². The summed E-state index contributed by atoms with van der Waals surface area (Å²) < 4.78 is 3.03. The number of rotatable bonds is 2. The average Bonchev–Trinajstić information content (AvgIpc) is 2.64. The van der Waals surface area contributed by atoms with Crippen LogP contribution >= 0.6 is 0 Å².